The quantitative estimate of drug-likeness (QED) is 0.932. The Kier molecular flexibility index (Phi) is 4.42. The molecule has 2 aromatic rings. The van der Waals surface area contributed by atoms with Crippen LogP contribution < -0.4 is 10.1 Å². The van der Waals surface area contributed by atoms with Crippen LogP contribution in [-0.2, 0) is 24.1 Å². The van der Waals surface area contributed by atoms with Gasteiger partial charge in [0.2, 0.25) is 5.91 Å². The van der Waals surface area contributed by atoms with Gasteiger partial charge < -0.3 is 10.1 Å². The third kappa shape index (κ3) is 3.48. The summed E-state index contributed by atoms with van der Waals surface area (Å²) < 4.78 is 5.17. The van der Waals surface area contributed by atoms with Gasteiger partial charge >= 0.3 is 0 Å². The van der Waals surface area contributed by atoms with E-state index in [2.05, 4.69) is 23.5 Å². The Bertz CT molecular complexity index is 679. The molecule has 22 heavy (non-hydrogen) atoms. The average Bonchev–Trinajstić information content (AvgIpc) is 2.55. The number of amides is 1. The Morgan fingerprint density at radius 3 is 2.73 bits per heavy atom. The van der Waals surface area contributed by atoms with Crippen molar-refractivity contribution in [2.24, 2.45) is 0 Å². The fourth-order valence-corrected chi connectivity index (χ4v) is 2.99. The van der Waals surface area contributed by atoms with Gasteiger partial charge in [-0.3, -0.25) is 4.79 Å². The van der Waals surface area contributed by atoms with Crippen molar-refractivity contribution in [2.75, 3.05) is 12.4 Å². The molecule has 0 bridgehead atoms. The standard InChI is InChI=1S/C19H21NO2/c1-22-18-8-4-7-17(13-18)20-19(21)12-14-9-10-15-5-2-3-6-16(15)11-14/h4,7-11,13H,2-3,5-6,12H2,1H3,(H,20,21). The van der Waals surface area contributed by atoms with Gasteiger partial charge in [0.1, 0.15) is 5.75 Å². The Morgan fingerprint density at radius 2 is 1.91 bits per heavy atom. The van der Waals surface area contributed by atoms with Crippen molar-refractivity contribution in [2.45, 2.75) is 32.1 Å². The van der Waals surface area contributed by atoms with Crippen LogP contribution in [0.1, 0.15) is 29.5 Å². The van der Waals surface area contributed by atoms with Crippen LogP contribution in [0.2, 0.25) is 0 Å². The van der Waals surface area contributed by atoms with E-state index in [1.807, 2.05) is 24.3 Å². The molecule has 0 saturated carbocycles. The molecule has 1 aliphatic carbocycles. The molecule has 0 saturated heterocycles. The maximum atomic E-state index is 12.2. The fraction of sp³-hybridized carbons (Fsp3) is 0.316. The fourth-order valence-electron chi connectivity index (χ4n) is 2.99. The van der Waals surface area contributed by atoms with Crippen molar-refractivity contribution in [3.8, 4) is 5.75 Å². The minimum absolute atomic E-state index is 0.00372. The lowest BCUT2D eigenvalue weighted by atomic mass is 9.90. The highest BCUT2D eigenvalue weighted by atomic mass is 16.5. The van der Waals surface area contributed by atoms with Gasteiger partial charge in [0.25, 0.3) is 0 Å². The zero-order chi connectivity index (χ0) is 15.4. The van der Waals surface area contributed by atoms with Crippen LogP contribution in [0.3, 0.4) is 0 Å². The number of carbonyl (C=O) groups excluding carboxylic acids is 1. The van der Waals surface area contributed by atoms with Gasteiger partial charge in [-0.05, 0) is 54.5 Å². The Hall–Kier alpha value is -2.29. The van der Waals surface area contributed by atoms with Crippen molar-refractivity contribution in [3.05, 3.63) is 59.2 Å². The van der Waals surface area contributed by atoms with Crippen LogP contribution in [0.25, 0.3) is 0 Å². The van der Waals surface area contributed by atoms with Crippen LogP contribution in [0.15, 0.2) is 42.5 Å². The lowest BCUT2D eigenvalue weighted by Crippen LogP contribution is -2.15. The summed E-state index contributed by atoms with van der Waals surface area (Å²) >= 11 is 0. The lowest BCUT2D eigenvalue weighted by Gasteiger charge is -2.16. The van der Waals surface area contributed by atoms with Crippen LogP contribution in [0.5, 0.6) is 5.75 Å². The summed E-state index contributed by atoms with van der Waals surface area (Å²) in [6.45, 7) is 0. The van der Waals surface area contributed by atoms with Gasteiger partial charge in [-0.1, -0.05) is 24.3 Å². The van der Waals surface area contributed by atoms with E-state index in [-0.39, 0.29) is 5.91 Å². The molecular weight excluding hydrogens is 274 g/mol. The third-order valence-corrected chi connectivity index (χ3v) is 4.13. The van der Waals surface area contributed by atoms with Crippen LogP contribution in [0, 0.1) is 0 Å². The van der Waals surface area contributed by atoms with E-state index in [9.17, 15) is 4.79 Å². The highest BCUT2D eigenvalue weighted by Crippen LogP contribution is 2.23. The molecule has 0 radical (unpaired) electrons. The third-order valence-electron chi connectivity index (χ3n) is 4.13. The summed E-state index contributed by atoms with van der Waals surface area (Å²) in [5, 5.41) is 2.93. The van der Waals surface area contributed by atoms with E-state index in [1.54, 1.807) is 7.11 Å². The van der Waals surface area contributed by atoms with Gasteiger partial charge in [-0.15, -0.1) is 0 Å². The number of hydrogen-bond acceptors (Lipinski definition) is 2. The Balaban J connectivity index is 1.66. The Morgan fingerprint density at radius 1 is 1.09 bits per heavy atom. The highest BCUT2D eigenvalue weighted by Gasteiger charge is 2.11. The first-order chi connectivity index (χ1) is 10.7. The van der Waals surface area contributed by atoms with Gasteiger partial charge in [0.15, 0.2) is 0 Å². The molecule has 0 aromatic heterocycles. The molecule has 0 spiro atoms. The molecule has 0 unspecified atom stereocenters. The van der Waals surface area contributed by atoms with Gasteiger partial charge in [0.05, 0.1) is 13.5 Å². The van der Waals surface area contributed by atoms with Gasteiger partial charge in [-0.2, -0.15) is 0 Å². The van der Waals surface area contributed by atoms with E-state index >= 15 is 0 Å². The van der Waals surface area contributed by atoms with E-state index in [0.29, 0.717) is 6.42 Å². The van der Waals surface area contributed by atoms with Crippen LogP contribution in [-0.4, -0.2) is 13.0 Å². The van der Waals surface area contributed by atoms with E-state index in [4.69, 9.17) is 4.74 Å². The monoisotopic (exact) mass is 295 g/mol. The molecular formula is C19H21NO2. The number of ether oxygens (including phenoxy) is 1. The molecule has 0 atom stereocenters. The highest BCUT2D eigenvalue weighted by molar-refractivity contribution is 5.92. The van der Waals surface area contributed by atoms with Crippen molar-refractivity contribution >= 4 is 11.6 Å². The smallest absolute Gasteiger partial charge is 0.228 e. The number of fused-ring (bicyclic) bond motifs is 1. The molecule has 1 N–H and O–H groups in total. The topological polar surface area (TPSA) is 38.3 Å². The second-order valence-corrected chi connectivity index (χ2v) is 5.77. The molecule has 1 amide bonds. The van der Waals surface area contributed by atoms with Crippen molar-refractivity contribution in [1.82, 2.24) is 0 Å². The molecule has 3 rings (SSSR count). The van der Waals surface area contributed by atoms with Crippen LogP contribution in [0.4, 0.5) is 5.69 Å². The molecule has 1 aliphatic rings. The molecule has 0 heterocycles. The molecule has 114 valence electrons. The molecule has 3 nitrogen and oxygen atoms in total. The first kappa shape index (κ1) is 14.6. The summed E-state index contributed by atoms with van der Waals surface area (Å²) in [6, 6.07) is 13.9. The second-order valence-electron chi connectivity index (χ2n) is 5.77. The summed E-state index contributed by atoms with van der Waals surface area (Å²) in [5.74, 6) is 0.746. The maximum Gasteiger partial charge on any atom is 0.228 e. The van der Waals surface area contributed by atoms with Gasteiger partial charge in [0, 0.05) is 11.8 Å². The molecule has 0 aliphatic heterocycles. The number of carbonyl (C=O) groups is 1. The largest absolute Gasteiger partial charge is 0.497 e. The zero-order valence-corrected chi connectivity index (χ0v) is 12.9. The van der Waals surface area contributed by atoms with E-state index in [0.717, 1.165) is 23.4 Å². The molecule has 3 heteroatoms. The first-order valence-corrected chi connectivity index (χ1v) is 7.79. The summed E-state index contributed by atoms with van der Waals surface area (Å²) in [4.78, 5) is 12.2. The number of benzene rings is 2. The minimum atomic E-state index is 0.00372. The summed E-state index contributed by atoms with van der Waals surface area (Å²) in [7, 11) is 1.62. The summed E-state index contributed by atoms with van der Waals surface area (Å²) in [6.07, 6.45) is 5.26. The molecule has 0 fully saturated rings. The summed E-state index contributed by atoms with van der Waals surface area (Å²) in [5.41, 5.74) is 4.71. The van der Waals surface area contributed by atoms with Crippen molar-refractivity contribution < 1.29 is 9.53 Å². The van der Waals surface area contributed by atoms with Crippen molar-refractivity contribution in [3.63, 3.8) is 0 Å². The van der Waals surface area contributed by atoms with Crippen LogP contribution >= 0.6 is 0 Å². The number of nitrogens with one attached hydrogen (secondary N) is 1. The maximum absolute atomic E-state index is 12.2. The minimum Gasteiger partial charge on any atom is -0.497 e. The normalized spacial score (nSPS) is 13.3. The number of anilines is 1. The Labute approximate surface area is 131 Å². The van der Waals surface area contributed by atoms with Crippen molar-refractivity contribution in [1.29, 1.82) is 0 Å². The molecule has 2 aromatic carbocycles. The van der Waals surface area contributed by atoms with Gasteiger partial charge in [-0.25, -0.2) is 0 Å². The first-order valence-electron chi connectivity index (χ1n) is 7.79. The predicted octanol–water partition coefficient (Wildman–Crippen LogP) is 3.76. The predicted molar refractivity (Wildman–Crippen MR) is 88.4 cm³/mol. The number of rotatable bonds is 4. The number of methoxy groups -OCH3 is 1. The number of hydrogen-bond donors (Lipinski definition) is 1. The van der Waals surface area contributed by atoms with E-state index in [1.165, 1.54) is 30.4 Å². The second kappa shape index (κ2) is 6.65. The average molecular weight is 295 g/mol. The zero-order valence-electron chi connectivity index (χ0n) is 12.9. The SMILES string of the molecule is COc1cccc(NC(=O)Cc2ccc3c(c2)CCCC3)c1. The number of aryl methyl sites for hydroxylation is 2. The lowest BCUT2D eigenvalue weighted by molar-refractivity contribution is -0.115. The van der Waals surface area contributed by atoms with E-state index < -0.39 is 0 Å².